The van der Waals surface area contributed by atoms with Crippen molar-refractivity contribution in [1.29, 1.82) is 5.26 Å². The standard InChI is InChI=1S/C32H28ClN13O4/c33-10-11-37-32(47)38-12-13-44-18-39-27-29(44)40-31(36)41-30(27)50-17-19-4-3-5-20(14-19)42-43-21-8-9-23(35)22(15-21)28-26(16-34)45(48)24-6-1-2-7-25(24)46(28)49/h1-9,14-15,18H,10-13,17,35H2,(H2,36,40,41)(H2,37,38,47). The van der Waals surface area contributed by atoms with Crippen LogP contribution in [0.2, 0.25) is 0 Å². The molecule has 50 heavy (non-hydrogen) atoms. The van der Waals surface area contributed by atoms with E-state index < -0.39 is 5.69 Å². The number of nitrogens with one attached hydrogen (secondary N) is 2. The number of para-hydroxylation sites is 2. The van der Waals surface area contributed by atoms with Crippen molar-refractivity contribution in [3.05, 3.63) is 94.7 Å². The van der Waals surface area contributed by atoms with E-state index in [4.69, 9.17) is 27.8 Å². The van der Waals surface area contributed by atoms with E-state index in [1.807, 2.05) is 12.1 Å². The number of imidazole rings is 1. The van der Waals surface area contributed by atoms with Crippen LogP contribution in [0.5, 0.6) is 5.88 Å². The van der Waals surface area contributed by atoms with Crippen LogP contribution < -0.4 is 36.3 Å². The number of azo groups is 1. The topological polar surface area (TPSA) is 248 Å². The molecule has 0 bridgehead atoms. The van der Waals surface area contributed by atoms with Gasteiger partial charge in [-0.15, -0.1) is 16.3 Å². The van der Waals surface area contributed by atoms with Crippen LogP contribution in [-0.2, 0) is 13.2 Å². The number of amides is 2. The molecule has 3 aromatic carbocycles. The Kier molecular flexibility index (Phi) is 9.63. The van der Waals surface area contributed by atoms with Crippen molar-refractivity contribution in [1.82, 2.24) is 30.2 Å². The number of ether oxygens (including phenoxy) is 1. The van der Waals surface area contributed by atoms with Crippen molar-refractivity contribution >= 4 is 62.8 Å². The number of rotatable bonds is 11. The third-order valence-corrected chi connectivity index (χ3v) is 7.57. The van der Waals surface area contributed by atoms with E-state index in [9.17, 15) is 20.5 Å². The monoisotopic (exact) mass is 693 g/mol. The van der Waals surface area contributed by atoms with Crippen molar-refractivity contribution in [2.24, 2.45) is 10.2 Å². The number of alkyl halides is 1. The first-order chi connectivity index (χ1) is 24.3. The zero-order valence-electron chi connectivity index (χ0n) is 26.2. The highest BCUT2D eigenvalue weighted by Gasteiger charge is 2.31. The Morgan fingerprint density at radius 3 is 2.48 bits per heavy atom. The fourth-order valence-corrected chi connectivity index (χ4v) is 5.17. The zero-order chi connectivity index (χ0) is 35.2. The van der Waals surface area contributed by atoms with Crippen LogP contribution in [0.3, 0.4) is 0 Å². The molecule has 0 aliphatic carbocycles. The van der Waals surface area contributed by atoms with E-state index in [2.05, 4.69) is 35.8 Å². The molecule has 0 saturated heterocycles. The summed E-state index contributed by atoms with van der Waals surface area (Å²) >= 11 is 5.59. The van der Waals surface area contributed by atoms with E-state index in [0.717, 1.165) is 5.56 Å². The third-order valence-electron chi connectivity index (χ3n) is 7.38. The van der Waals surface area contributed by atoms with Gasteiger partial charge >= 0.3 is 17.4 Å². The lowest BCUT2D eigenvalue weighted by molar-refractivity contribution is -0.622. The number of halogens is 1. The molecule has 0 unspecified atom stereocenters. The molecule has 17 nitrogen and oxygen atoms in total. The van der Waals surface area contributed by atoms with E-state index in [-0.39, 0.29) is 52.4 Å². The summed E-state index contributed by atoms with van der Waals surface area (Å²) in [5, 5.41) is 50.1. The van der Waals surface area contributed by atoms with Gasteiger partial charge in [0.2, 0.25) is 11.8 Å². The van der Waals surface area contributed by atoms with Crippen LogP contribution >= 0.6 is 11.6 Å². The van der Waals surface area contributed by atoms with Gasteiger partial charge in [0.05, 0.1) is 23.3 Å². The number of fused-ring (bicyclic) bond motifs is 2. The molecule has 3 aromatic heterocycles. The predicted octanol–water partition coefficient (Wildman–Crippen LogP) is 3.48. The number of nitriles is 1. The fraction of sp³-hybridized carbons (Fsp3) is 0.156. The highest BCUT2D eigenvalue weighted by atomic mass is 35.5. The Balaban J connectivity index is 1.18. The quantitative estimate of drug-likeness (QED) is 0.0505. The van der Waals surface area contributed by atoms with Crippen molar-refractivity contribution in [3.63, 3.8) is 0 Å². The summed E-state index contributed by atoms with van der Waals surface area (Å²) in [5.41, 5.74) is 14.4. The van der Waals surface area contributed by atoms with Crippen LogP contribution in [-0.4, -0.2) is 44.5 Å². The molecule has 6 N–H and O–H groups in total. The van der Waals surface area contributed by atoms with Crippen LogP contribution in [0, 0.1) is 21.7 Å². The number of carbonyl (C=O) groups is 1. The lowest BCUT2D eigenvalue weighted by Gasteiger charge is -2.11. The maximum atomic E-state index is 13.3. The van der Waals surface area contributed by atoms with Gasteiger partial charge in [-0.3, -0.25) is 0 Å². The highest BCUT2D eigenvalue weighted by Crippen LogP contribution is 2.31. The minimum atomic E-state index is -0.401. The maximum absolute atomic E-state index is 13.3. The molecule has 0 saturated carbocycles. The van der Waals surface area contributed by atoms with Crippen LogP contribution in [0.25, 0.3) is 33.5 Å². The van der Waals surface area contributed by atoms with Crippen molar-refractivity contribution < 1.29 is 19.0 Å². The first-order valence-electron chi connectivity index (χ1n) is 15.0. The van der Waals surface area contributed by atoms with E-state index >= 15 is 0 Å². The predicted molar refractivity (Wildman–Crippen MR) is 183 cm³/mol. The van der Waals surface area contributed by atoms with Crippen molar-refractivity contribution in [2.75, 3.05) is 30.4 Å². The van der Waals surface area contributed by atoms with Crippen LogP contribution in [0.15, 0.2) is 83.3 Å². The number of aromatic nitrogens is 6. The Labute approximate surface area is 288 Å². The molecule has 6 rings (SSSR count). The van der Waals surface area contributed by atoms with E-state index in [1.165, 1.54) is 24.3 Å². The Hall–Kier alpha value is -6.80. The number of anilines is 2. The molecule has 0 fully saturated rings. The second-order valence-corrected chi connectivity index (χ2v) is 11.1. The number of hydrogen-bond donors (Lipinski definition) is 4. The second-order valence-electron chi connectivity index (χ2n) is 10.7. The van der Waals surface area contributed by atoms with Gasteiger partial charge in [0.25, 0.3) is 11.0 Å². The van der Waals surface area contributed by atoms with Gasteiger partial charge in [0.1, 0.15) is 6.61 Å². The van der Waals surface area contributed by atoms with Gasteiger partial charge < -0.3 is 41.8 Å². The summed E-state index contributed by atoms with van der Waals surface area (Å²) in [6.07, 6.45) is 1.56. The molecular weight excluding hydrogens is 666 g/mol. The lowest BCUT2D eigenvalue weighted by atomic mass is 10.1. The third kappa shape index (κ3) is 6.90. The Morgan fingerprint density at radius 2 is 1.72 bits per heavy atom. The molecule has 252 valence electrons. The number of benzene rings is 3. The SMILES string of the molecule is N#Cc1c(-c2cc(N=Nc3cccc(COc4nc(N)nc5c4ncn5CCNC(=O)NCCCl)c3)ccc2N)[n+]([O-])c2ccccc2[n+]1[O-]. The number of hydrogen-bond acceptors (Lipinski definition) is 12. The summed E-state index contributed by atoms with van der Waals surface area (Å²) in [4.78, 5) is 24.7. The molecule has 2 amide bonds. The van der Waals surface area contributed by atoms with Crippen molar-refractivity contribution in [2.45, 2.75) is 13.2 Å². The molecule has 18 heteroatoms. The number of nitrogens with zero attached hydrogens (tertiary/aromatic N) is 9. The second kappa shape index (κ2) is 14.5. The molecular formula is C32H28ClN13O4. The Bertz CT molecular complexity index is 2310. The molecule has 6 aromatic rings. The summed E-state index contributed by atoms with van der Waals surface area (Å²) in [6.45, 7) is 1.13. The lowest BCUT2D eigenvalue weighted by Crippen LogP contribution is -2.43. The van der Waals surface area contributed by atoms with E-state index in [0.29, 0.717) is 57.5 Å². The maximum Gasteiger partial charge on any atom is 0.369 e. The van der Waals surface area contributed by atoms with Gasteiger partial charge in [-0.25, -0.2) is 9.78 Å². The molecule has 0 radical (unpaired) electrons. The molecule has 3 heterocycles. The van der Waals surface area contributed by atoms with Gasteiger partial charge in [-0.2, -0.15) is 30.2 Å². The smallest absolute Gasteiger partial charge is 0.369 e. The minimum absolute atomic E-state index is 0.00867. The normalized spacial score (nSPS) is 11.2. The first kappa shape index (κ1) is 33.1. The highest BCUT2D eigenvalue weighted by molar-refractivity contribution is 6.18. The average Bonchev–Trinajstić information content (AvgIpc) is 3.53. The zero-order valence-corrected chi connectivity index (χ0v) is 26.9. The summed E-state index contributed by atoms with van der Waals surface area (Å²) in [5.74, 6) is 0.484. The van der Waals surface area contributed by atoms with Gasteiger partial charge in [0, 0.05) is 43.3 Å². The van der Waals surface area contributed by atoms with Gasteiger partial charge in [-0.05, 0) is 35.9 Å². The van der Waals surface area contributed by atoms with Crippen LogP contribution in [0.1, 0.15) is 11.3 Å². The van der Waals surface area contributed by atoms with Crippen molar-refractivity contribution in [3.8, 4) is 23.2 Å². The number of urea groups is 1. The minimum Gasteiger partial charge on any atom is -0.617 e. The number of nitrogen functional groups attached to an aromatic ring is 2. The summed E-state index contributed by atoms with van der Waals surface area (Å²) in [7, 11) is 0. The number of nitrogens with two attached hydrogens (primary N) is 2. The molecule has 0 spiro atoms. The number of carbonyl (C=O) groups excluding carboxylic acids is 1. The van der Waals surface area contributed by atoms with Crippen LogP contribution in [0.4, 0.5) is 27.8 Å². The van der Waals surface area contributed by atoms with Gasteiger partial charge in [-0.1, -0.05) is 24.3 Å². The fourth-order valence-electron chi connectivity index (χ4n) is 5.08. The largest absolute Gasteiger partial charge is 0.617 e. The average molecular weight is 694 g/mol. The summed E-state index contributed by atoms with van der Waals surface area (Å²) in [6, 6.07) is 19.4. The molecule has 0 aliphatic rings. The molecule has 0 aliphatic heterocycles. The first-order valence-corrected chi connectivity index (χ1v) is 15.6. The van der Waals surface area contributed by atoms with Gasteiger partial charge in [0.15, 0.2) is 17.2 Å². The Morgan fingerprint density at radius 1 is 0.980 bits per heavy atom. The summed E-state index contributed by atoms with van der Waals surface area (Å²) < 4.78 is 8.64. The molecule has 0 atom stereocenters. The van der Waals surface area contributed by atoms with E-state index in [1.54, 1.807) is 47.3 Å².